The van der Waals surface area contributed by atoms with E-state index in [-0.39, 0.29) is 28.3 Å². The summed E-state index contributed by atoms with van der Waals surface area (Å²) in [7, 11) is 0. The molecular formula is C26H24ClF2N3O2. The van der Waals surface area contributed by atoms with Crippen LogP contribution in [0.25, 0.3) is 22.7 Å². The summed E-state index contributed by atoms with van der Waals surface area (Å²) in [5, 5.41) is 13.6. The quantitative estimate of drug-likeness (QED) is 0.281. The molecule has 176 valence electrons. The Hall–Kier alpha value is -3.16. The van der Waals surface area contributed by atoms with Gasteiger partial charge in [0.15, 0.2) is 17.7 Å². The minimum absolute atomic E-state index is 0.106. The Morgan fingerprint density at radius 1 is 1.03 bits per heavy atom. The van der Waals surface area contributed by atoms with Gasteiger partial charge >= 0.3 is 0 Å². The zero-order chi connectivity index (χ0) is 23.7. The van der Waals surface area contributed by atoms with Crippen molar-refractivity contribution in [3.8, 4) is 22.7 Å². The van der Waals surface area contributed by atoms with Crippen molar-refractivity contribution < 1.29 is 18.3 Å². The molecule has 1 aliphatic rings. The Bertz CT molecular complexity index is 1280. The number of aliphatic hydroxyl groups excluding tert-OH is 1. The number of benzene rings is 2. The average molecular weight is 484 g/mol. The third-order valence-electron chi connectivity index (χ3n) is 6.23. The highest BCUT2D eigenvalue weighted by atomic mass is 35.5. The SMILES string of the molecule is OC(Nc1ccc(Cl)cc1F)c1ccc(-c2c(-c3ccc(F)cc3)ncn2C2CCCCC2)o1. The molecule has 2 heterocycles. The first-order valence-electron chi connectivity index (χ1n) is 11.3. The van der Waals surface area contributed by atoms with Gasteiger partial charge < -0.3 is 19.4 Å². The second-order valence-corrected chi connectivity index (χ2v) is 8.96. The number of furan rings is 1. The molecule has 1 atom stereocenters. The fourth-order valence-electron chi connectivity index (χ4n) is 4.51. The van der Waals surface area contributed by atoms with Crippen LogP contribution in [0.5, 0.6) is 0 Å². The number of nitrogens with one attached hydrogen (secondary N) is 1. The van der Waals surface area contributed by atoms with Gasteiger partial charge in [0.25, 0.3) is 0 Å². The second-order valence-electron chi connectivity index (χ2n) is 8.52. The van der Waals surface area contributed by atoms with Gasteiger partial charge in [-0.1, -0.05) is 30.9 Å². The summed E-state index contributed by atoms with van der Waals surface area (Å²) in [4.78, 5) is 4.65. The van der Waals surface area contributed by atoms with E-state index in [1.807, 2.05) is 6.33 Å². The van der Waals surface area contributed by atoms with Crippen molar-refractivity contribution in [2.24, 2.45) is 0 Å². The van der Waals surface area contributed by atoms with Crippen LogP contribution in [0.15, 0.2) is 65.3 Å². The van der Waals surface area contributed by atoms with Crippen LogP contribution in [0.4, 0.5) is 14.5 Å². The van der Waals surface area contributed by atoms with E-state index in [0.717, 1.165) is 36.9 Å². The first kappa shape index (κ1) is 22.6. The van der Waals surface area contributed by atoms with Gasteiger partial charge in [0, 0.05) is 16.6 Å². The van der Waals surface area contributed by atoms with Crippen LogP contribution in [0.3, 0.4) is 0 Å². The van der Waals surface area contributed by atoms with Crippen LogP contribution in [-0.2, 0) is 0 Å². The predicted molar refractivity (Wildman–Crippen MR) is 127 cm³/mol. The van der Waals surface area contributed by atoms with Gasteiger partial charge in [-0.25, -0.2) is 13.8 Å². The van der Waals surface area contributed by atoms with Crippen molar-refractivity contribution in [2.45, 2.75) is 44.4 Å². The van der Waals surface area contributed by atoms with E-state index in [2.05, 4.69) is 14.9 Å². The minimum Gasteiger partial charge on any atom is -0.455 e. The molecule has 5 rings (SSSR count). The van der Waals surface area contributed by atoms with Gasteiger partial charge in [0.1, 0.15) is 17.3 Å². The number of nitrogens with zero attached hydrogens (tertiary/aromatic N) is 2. The third kappa shape index (κ3) is 4.58. The summed E-state index contributed by atoms with van der Waals surface area (Å²) >= 11 is 5.81. The molecule has 8 heteroatoms. The number of aromatic nitrogens is 2. The zero-order valence-corrected chi connectivity index (χ0v) is 19.1. The van der Waals surface area contributed by atoms with E-state index in [9.17, 15) is 13.9 Å². The maximum Gasteiger partial charge on any atom is 0.184 e. The summed E-state index contributed by atoms with van der Waals surface area (Å²) in [6, 6.07) is 14.0. The molecule has 1 saturated carbocycles. The maximum absolute atomic E-state index is 14.2. The standard InChI is InChI=1S/C26H24ClF2N3O2/c27-17-8-11-21(20(29)14-17)31-26(33)23-13-12-22(34-23)25-24(16-6-9-18(28)10-7-16)30-15-32(25)19-4-2-1-3-5-19/h6-15,19,26,31,33H,1-5H2. The molecule has 0 amide bonds. The maximum atomic E-state index is 14.2. The highest BCUT2D eigenvalue weighted by molar-refractivity contribution is 6.30. The minimum atomic E-state index is -1.27. The number of hydrogen-bond donors (Lipinski definition) is 2. The van der Waals surface area contributed by atoms with Gasteiger partial charge in [0.05, 0.1) is 17.7 Å². The van der Waals surface area contributed by atoms with Gasteiger partial charge in [-0.15, -0.1) is 0 Å². The molecule has 5 nitrogen and oxygen atoms in total. The van der Waals surface area contributed by atoms with Crippen LogP contribution in [0.2, 0.25) is 5.02 Å². The average Bonchev–Trinajstić information content (AvgIpc) is 3.49. The van der Waals surface area contributed by atoms with E-state index in [1.165, 1.54) is 36.8 Å². The van der Waals surface area contributed by atoms with Crippen molar-refractivity contribution in [2.75, 3.05) is 5.32 Å². The molecular weight excluding hydrogens is 460 g/mol. The molecule has 4 aromatic rings. The van der Waals surface area contributed by atoms with Crippen molar-refractivity contribution in [3.05, 3.63) is 83.3 Å². The molecule has 0 saturated heterocycles. The molecule has 1 unspecified atom stereocenters. The third-order valence-corrected chi connectivity index (χ3v) is 6.47. The van der Waals surface area contributed by atoms with Crippen LogP contribution >= 0.6 is 11.6 Å². The van der Waals surface area contributed by atoms with Crippen molar-refractivity contribution in [3.63, 3.8) is 0 Å². The normalized spacial score (nSPS) is 15.4. The smallest absolute Gasteiger partial charge is 0.184 e. The van der Waals surface area contributed by atoms with Crippen LogP contribution in [0.1, 0.15) is 50.1 Å². The van der Waals surface area contributed by atoms with Crippen LogP contribution in [0, 0.1) is 11.6 Å². The Kier molecular flexibility index (Phi) is 6.39. The molecule has 34 heavy (non-hydrogen) atoms. The Morgan fingerprint density at radius 2 is 1.79 bits per heavy atom. The van der Waals surface area contributed by atoms with Gasteiger partial charge in [-0.2, -0.15) is 0 Å². The number of hydrogen-bond acceptors (Lipinski definition) is 4. The molecule has 2 aromatic carbocycles. The summed E-state index contributed by atoms with van der Waals surface area (Å²) in [5.74, 6) is -0.145. The molecule has 2 N–H and O–H groups in total. The van der Waals surface area contributed by atoms with Crippen molar-refractivity contribution in [1.82, 2.24) is 9.55 Å². The Labute approximate surface area is 201 Å². The topological polar surface area (TPSA) is 63.2 Å². The lowest BCUT2D eigenvalue weighted by atomic mass is 9.95. The van der Waals surface area contributed by atoms with Gasteiger partial charge in [-0.05, 0) is 67.4 Å². The highest BCUT2D eigenvalue weighted by Crippen LogP contribution is 2.39. The number of aliphatic hydroxyl groups is 1. The number of anilines is 1. The second kappa shape index (κ2) is 9.60. The highest BCUT2D eigenvalue weighted by Gasteiger charge is 2.25. The molecule has 0 spiro atoms. The largest absolute Gasteiger partial charge is 0.455 e. The lowest BCUT2D eigenvalue weighted by Crippen LogP contribution is -2.13. The fraction of sp³-hybridized carbons (Fsp3) is 0.269. The molecule has 0 radical (unpaired) electrons. The van der Waals surface area contributed by atoms with E-state index < -0.39 is 12.0 Å². The number of halogens is 3. The predicted octanol–water partition coefficient (Wildman–Crippen LogP) is 7.35. The number of rotatable bonds is 6. The first-order valence-corrected chi connectivity index (χ1v) is 11.7. The molecule has 2 aromatic heterocycles. The van der Waals surface area contributed by atoms with Gasteiger partial charge in [0.2, 0.25) is 0 Å². The van der Waals surface area contributed by atoms with E-state index in [1.54, 1.807) is 24.3 Å². The lowest BCUT2D eigenvalue weighted by molar-refractivity contribution is 0.178. The Morgan fingerprint density at radius 3 is 2.53 bits per heavy atom. The van der Waals surface area contributed by atoms with Crippen molar-refractivity contribution >= 4 is 17.3 Å². The molecule has 0 bridgehead atoms. The van der Waals surface area contributed by atoms with Gasteiger partial charge in [-0.3, -0.25) is 0 Å². The van der Waals surface area contributed by atoms with E-state index >= 15 is 0 Å². The number of imidazole rings is 1. The summed E-state index contributed by atoms with van der Waals surface area (Å²) in [6.45, 7) is 0. The monoisotopic (exact) mass is 483 g/mol. The first-order chi connectivity index (χ1) is 16.5. The van der Waals surface area contributed by atoms with Crippen LogP contribution in [-0.4, -0.2) is 14.7 Å². The van der Waals surface area contributed by atoms with Crippen LogP contribution < -0.4 is 5.32 Å². The molecule has 1 fully saturated rings. The summed E-state index contributed by atoms with van der Waals surface area (Å²) in [6.07, 6.45) is 6.13. The fourth-order valence-corrected chi connectivity index (χ4v) is 4.67. The summed E-state index contributed by atoms with van der Waals surface area (Å²) < 4.78 is 35.9. The zero-order valence-electron chi connectivity index (χ0n) is 18.3. The lowest BCUT2D eigenvalue weighted by Gasteiger charge is -2.24. The molecule has 1 aliphatic carbocycles. The van der Waals surface area contributed by atoms with Crippen molar-refractivity contribution in [1.29, 1.82) is 0 Å². The van der Waals surface area contributed by atoms with E-state index in [0.29, 0.717) is 11.5 Å². The Balaban J connectivity index is 1.50. The summed E-state index contributed by atoms with van der Waals surface area (Å²) in [5.41, 5.74) is 2.33. The van der Waals surface area contributed by atoms with E-state index in [4.69, 9.17) is 16.0 Å². The molecule has 0 aliphatic heterocycles.